The number of nitrogens with zero attached hydrogens (tertiary/aromatic N) is 1. The van der Waals surface area contributed by atoms with Gasteiger partial charge in [0, 0.05) is 11.3 Å². The number of hydrogen-bond donors (Lipinski definition) is 1. The Morgan fingerprint density at radius 1 is 1.21 bits per heavy atom. The topological polar surface area (TPSA) is 38.9 Å². The summed E-state index contributed by atoms with van der Waals surface area (Å²) in [6.45, 7) is 0. The van der Waals surface area contributed by atoms with Gasteiger partial charge in [-0.25, -0.2) is 9.37 Å². The van der Waals surface area contributed by atoms with Crippen LogP contribution in [0.25, 0.3) is 10.6 Å². The molecular weight excluding hydrogens is 279 g/mol. The molecule has 0 fully saturated rings. The van der Waals surface area contributed by atoms with Crippen LogP contribution in [0.4, 0.5) is 9.52 Å². The second kappa shape index (κ2) is 5.11. The molecule has 3 aromatic rings. The maximum Gasteiger partial charge on any atom is 0.180 e. The maximum absolute atomic E-state index is 13.2. The van der Waals surface area contributed by atoms with Crippen molar-refractivity contribution in [2.75, 3.05) is 5.73 Å². The molecule has 0 saturated heterocycles. The monoisotopic (exact) mass is 290 g/mol. The SMILES string of the molecule is Nc1nc(-c2cccs2)c(Cc2cccc(F)c2)s1. The van der Waals surface area contributed by atoms with Crippen LogP contribution >= 0.6 is 22.7 Å². The van der Waals surface area contributed by atoms with Crippen molar-refractivity contribution >= 4 is 27.8 Å². The van der Waals surface area contributed by atoms with Crippen molar-refractivity contribution in [3.63, 3.8) is 0 Å². The van der Waals surface area contributed by atoms with Gasteiger partial charge in [0.1, 0.15) is 5.82 Å². The number of thiophene rings is 1. The van der Waals surface area contributed by atoms with Gasteiger partial charge in [-0.05, 0) is 29.1 Å². The highest BCUT2D eigenvalue weighted by atomic mass is 32.1. The predicted molar refractivity (Wildman–Crippen MR) is 79.0 cm³/mol. The standard InChI is InChI=1S/C14H11FN2S2/c15-10-4-1-3-9(7-10)8-12-13(17-14(16)19-12)11-5-2-6-18-11/h1-7H,8H2,(H2,16,17). The minimum atomic E-state index is -0.215. The smallest absolute Gasteiger partial charge is 0.180 e. The lowest BCUT2D eigenvalue weighted by Gasteiger charge is -2.01. The van der Waals surface area contributed by atoms with Crippen LogP contribution in [0.1, 0.15) is 10.4 Å². The number of thiazole rings is 1. The fourth-order valence-electron chi connectivity index (χ4n) is 1.93. The van der Waals surface area contributed by atoms with Crippen LogP contribution in [0.3, 0.4) is 0 Å². The summed E-state index contributed by atoms with van der Waals surface area (Å²) >= 11 is 3.10. The van der Waals surface area contributed by atoms with E-state index in [1.807, 2.05) is 23.6 Å². The first-order valence-electron chi connectivity index (χ1n) is 5.76. The van der Waals surface area contributed by atoms with Gasteiger partial charge in [-0.2, -0.15) is 0 Å². The molecule has 0 aliphatic heterocycles. The second-order valence-electron chi connectivity index (χ2n) is 4.11. The number of hydrogen-bond acceptors (Lipinski definition) is 4. The predicted octanol–water partition coefficient (Wildman–Crippen LogP) is 4.18. The van der Waals surface area contributed by atoms with Crippen LogP contribution in [0.5, 0.6) is 0 Å². The number of benzene rings is 1. The van der Waals surface area contributed by atoms with Crippen LogP contribution in [0.2, 0.25) is 0 Å². The number of nitrogen functional groups attached to an aromatic ring is 1. The fourth-order valence-corrected chi connectivity index (χ4v) is 3.61. The first-order valence-corrected chi connectivity index (χ1v) is 7.45. The molecule has 0 aliphatic carbocycles. The molecule has 5 heteroatoms. The normalized spacial score (nSPS) is 10.8. The molecule has 0 bridgehead atoms. The highest BCUT2D eigenvalue weighted by molar-refractivity contribution is 7.17. The zero-order valence-corrected chi connectivity index (χ0v) is 11.6. The van der Waals surface area contributed by atoms with Gasteiger partial charge in [0.15, 0.2) is 5.13 Å². The Hall–Kier alpha value is -1.72. The van der Waals surface area contributed by atoms with Crippen LogP contribution in [0.15, 0.2) is 41.8 Å². The summed E-state index contributed by atoms with van der Waals surface area (Å²) < 4.78 is 13.2. The summed E-state index contributed by atoms with van der Waals surface area (Å²) in [6.07, 6.45) is 0.653. The molecule has 0 amide bonds. The van der Waals surface area contributed by atoms with Crippen LogP contribution in [-0.4, -0.2) is 4.98 Å². The second-order valence-corrected chi connectivity index (χ2v) is 6.17. The molecule has 0 saturated carbocycles. The van der Waals surface area contributed by atoms with Gasteiger partial charge in [0.25, 0.3) is 0 Å². The van der Waals surface area contributed by atoms with Gasteiger partial charge in [-0.1, -0.05) is 18.2 Å². The van der Waals surface area contributed by atoms with Crippen molar-refractivity contribution in [1.82, 2.24) is 4.98 Å². The average molecular weight is 290 g/mol. The highest BCUT2D eigenvalue weighted by Crippen LogP contribution is 2.33. The molecular formula is C14H11FN2S2. The number of halogens is 1. The van der Waals surface area contributed by atoms with E-state index in [1.165, 1.54) is 17.4 Å². The Labute approximate surface area is 118 Å². The van der Waals surface area contributed by atoms with Gasteiger partial charge in [0.2, 0.25) is 0 Å². The summed E-state index contributed by atoms with van der Waals surface area (Å²) in [5.41, 5.74) is 7.66. The molecule has 96 valence electrons. The quantitative estimate of drug-likeness (QED) is 0.785. The number of nitrogens with two attached hydrogens (primary N) is 1. The molecule has 0 atom stereocenters. The lowest BCUT2D eigenvalue weighted by atomic mass is 10.1. The van der Waals surface area contributed by atoms with Gasteiger partial charge < -0.3 is 5.73 Å². The summed E-state index contributed by atoms with van der Waals surface area (Å²) in [6, 6.07) is 10.6. The molecule has 0 unspecified atom stereocenters. The highest BCUT2D eigenvalue weighted by Gasteiger charge is 2.13. The summed E-state index contributed by atoms with van der Waals surface area (Å²) in [5.74, 6) is -0.215. The van der Waals surface area contributed by atoms with Crippen LogP contribution in [-0.2, 0) is 6.42 Å². The van der Waals surface area contributed by atoms with Crippen molar-refractivity contribution in [3.8, 4) is 10.6 Å². The fraction of sp³-hybridized carbons (Fsp3) is 0.0714. The molecule has 1 aromatic carbocycles. The molecule has 3 rings (SSSR count). The van der Waals surface area contributed by atoms with Crippen molar-refractivity contribution < 1.29 is 4.39 Å². The molecule has 2 N–H and O–H groups in total. The number of rotatable bonds is 3. The van der Waals surface area contributed by atoms with E-state index in [0.29, 0.717) is 11.6 Å². The number of anilines is 1. The summed E-state index contributed by atoms with van der Waals surface area (Å²) in [7, 11) is 0. The van der Waals surface area contributed by atoms with Crippen LogP contribution in [0, 0.1) is 5.82 Å². The third-order valence-electron chi connectivity index (χ3n) is 2.72. The Morgan fingerprint density at radius 2 is 2.11 bits per heavy atom. The largest absolute Gasteiger partial charge is 0.375 e. The zero-order valence-electron chi connectivity index (χ0n) is 9.97. The third-order valence-corrected chi connectivity index (χ3v) is 4.48. The van der Waals surface area contributed by atoms with E-state index in [9.17, 15) is 4.39 Å². The molecule has 0 aliphatic rings. The first kappa shape index (κ1) is 12.3. The van der Waals surface area contributed by atoms with Crippen LogP contribution < -0.4 is 5.73 Å². The van der Waals surface area contributed by atoms with E-state index >= 15 is 0 Å². The zero-order chi connectivity index (χ0) is 13.2. The van der Waals surface area contributed by atoms with Gasteiger partial charge in [-0.15, -0.1) is 22.7 Å². The van der Waals surface area contributed by atoms with Crippen molar-refractivity contribution in [2.45, 2.75) is 6.42 Å². The van der Waals surface area contributed by atoms with E-state index in [1.54, 1.807) is 23.5 Å². The van der Waals surface area contributed by atoms with E-state index in [4.69, 9.17) is 5.73 Å². The molecule has 0 radical (unpaired) electrons. The van der Waals surface area contributed by atoms with E-state index in [2.05, 4.69) is 4.98 Å². The molecule has 2 nitrogen and oxygen atoms in total. The van der Waals surface area contributed by atoms with Gasteiger partial charge >= 0.3 is 0 Å². The van der Waals surface area contributed by atoms with Crippen molar-refractivity contribution in [3.05, 3.63) is 58.0 Å². The maximum atomic E-state index is 13.2. The Balaban J connectivity index is 1.97. The number of aromatic nitrogens is 1. The molecule has 0 spiro atoms. The van der Waals surface area contributed by atoms with E-state index < -0.39 is 0 Å². The first-order chi connectivity index (χ1) is 9.22. The summed E-state index contributed by atoms with van der Waals surface area (Å²) in [5, 5.41) is 2.56. The van der Waals surface area contributed by atoms with Gasteiger partial charge in [0.05, 0.1) is 10.6 Å². The summed E-state index contributed by atoms with van der Waals surface area (Å²) in [4.78, 5) is 6.56. The van der Waals surface area contributed by atoms with Gasteiger partial charge in [-0.3, -0.25) is 0 Å². The van der Waals surface area contributed by atoms with E-state index in [0.717, 1.165) is 21.0 Å². The lowest BCUT2D eigenvalue weighted by Crippen LogP contribution is -1.88. The minimum absolute atomic E-state index is 0.215. The van der Waals surface area contributed by atoms with Crippen molar-refractivity contribution in [1.29, 1.82) is 0 Å². The lowest BCUT2D eigenvalue weighted by molar-refractivity contribution is 0.626. The Kier molecular flexibility index (Phi) is 3.31. The average Bonchev–Trinajstić information content (AvgIpc) is 2.98. The Morgan fingerprint density at radius 3 is 2.84 bits per heavy atom. The van der Waals surface area contributed by atoms with Crippen molar-refractivity contribution in [2.24, 2.45) is 0 Å². The minimum Gasteiger partial charge on any atom is -0.375 e. The van der Waals surface area contributed by atoms with E-state index in [-0.39, 0.29) is 5.82 Å². The Bertz CT molecular complexity index is 689. The molecule has 2 aromatic heterocycles. The third kappa shape index (κ3) is 2.67. The molecule has 2 heterocycles. The molecule has 19 heavy (non-hydrogen) atoms.